The van der Waals surface area contributed by atoms with Crippen molar-refractivity contribution >= 4 is 79.6 Å². The fraction of sp³-hybridized carbons (Fsp3) is 0.333. The van der Waals surface area contributed by atoms with Crippen LogP contribution in [0.15, 0.2) is 25.6 Å². The number of hydrogen-bond acceptors (Lipinski definition) is 1. The summed E-state index contributed by atoms with van der Waals surface area (Å²) in [5.41, 5.74) is 0. The molecule has 0 N–H and O–H groups in total. The highest BCUT2D eigenvalue weighted by Gasteiger charge is 2.16. The summed E-state index contributed by atoms with van der Waals surface area (Å²) in [5.74, 6) is 0.784. The van der Waals surface area contributed by atoms with Gasteiger partial charge in [-0.1, -0.05) is 31.9 Å². The molecule has 0 heterocycles. The first-order valence-corrected chi connectivity index (χ1v) is 8.22. The van der Waals surface area contributed by atoms with E-state index in [4.69, 9.17) is 4.74 Å². The molecule has 0 aliphatic rings. The minimum absolute atomic E-state index is 0.0775. The summed E-state index contributed by atoms with van der Waals surface area (Å²) in [6.45, 7) is 2.01. The molecule has 1 aromatic rings. The monoisotopic (exact) mass is 526 g/mol. The van der Waals surface area contributed by atoms with Crippen molar-refractivity contribution in [1.29, 1.82) is 0 Å². The molecule has 0 aliphatic heterocycles. The van der Waals surface area contributed by atoms with Crippen LogP contribution in [0.2, 0.25) is 0 Å². The third kappa shape index (κ3) is 4.30. The second-order valence-corrected chi connectivity index (χ2v) is 7.82. The zero-order chi connectivity index (χ0) is 11.6. The van der Waals surface area contributed by atoms with Gasteiger partial charge in [-0.25, -0.2) is 0 Å². The quantitative estimate of drug-likeness (QED) is 0.445. The van der Waals surface area contributed by atoms with Crippen LogP contribution < -0.4 is 4.74 Å². The molecular weight excluding hydrogens is 524 g/mol. The molecule has 0 spiro atoms. The van der Waals surface area contributed by atoms with Crippen LogP contribution in [0, 0.1) is 0 Å². The molecule has 0 saturated heterocycles. The van der Waals surface area contributed by atoms with Crippen molar-refractivity contribution in [3.05, 3.63) is 25.6 Å². The highest BCUT2D eigenvalue weighted by Crippen LogP contribution is 2.38. The van der Waals surface area contributed by atoms with E-state index in [0.717, 1.165) is 19.2 Å². The van der Waals surface area contributed by atoms with Gasteiger partial charge in [-0.15, -0.1) is 0 Å². The van der Waals surface area contributed by atoms with Crippen LogP contribution in [0.25, 0.3) is 0 Å². The van der Waals surface area contributed by atoms with Crippen molar-refractivity contribution in [3.63, 3.8) is 0 Å². The third-order valence-corrected chi connectivity index (χ3v) is 5.36. The molecule has 15 heavy (non-hydrogen) atoms. The maximum absolute atomic E-state index is 5.75. The first-order chi connectivity index (χ1) is 6.91. The topological polar surface area (TPSA) is 9.23 Å². The summed E-state index contributed by atoms with van der Waals surface area (Å²) in [6.07, 6.45) is 0. The summed E-state index contributed by atoms with van der Waals surface area (Å²) < 4.78 is 8.55. The Kier molecular flexibility index (Phi) is 6.16. The molecule has 1 aromatic carbocycles. The van der Waals surface area contributed by atoms with Gasteiger partial charge in [-0.2, -0.15) is 0 Å². The molecule has 0 aliphatic carbocycles. The predicted molar refractivity (Wildman–Crippen MR) is 81.3 cm³/mol. The maximum Gasteiger partial charge on any atom is 0.165 e. The molecule has 0 saturated carbocycles. The Morgan fingerprint density at radius 3 is 1.93 bits per heavy atom. The maximum atomic E-state index is 5.75. The minimum atomic E-state index is -0.0775. The first kappa shape index (κ1) is 14.5. The Bertz CT molecular complexity index is 329. The van der Waals surface area contributed by atoms with Crippen molar-refractivity contribution in [2.75, 3.05) is 0 Å². The van der Waals surface area contributed by atoms with E-state index in [1.807, 2.05) is 19.1 Å². The first-order valence-electron chi connectivity index (χ1n) is 4.01. The molecule has 0 amide bonds. The Morgan fingerprint density at radius 1 is 1.07 bits per heavy atom. The second kappa shape index (κ2) is 6.38. The highest BCUT2D eigenvalue weighted by atomic mass is 79.9. The standard InChI is InChI=1S/C9H7Br5O/c1-4(10)9(14)15-8-6(12)2-5(11)3-7(8)13/h2-4,9H,1H3. The number of benzene rings is 1. The largest absolute Gasteiger partial charge is 0.476 e. The van der Waals surface area contributed by atoms with Crippen molar-refractivity contribution < 1.29 is 4.74 Å². The zero-order valence-corrected chi connectivity index (χ0v) is 15.5. The fourth-order valence-corrected chi connectivity index (χ4v) is 3.59. The van der Waals surface area contributed by atoms with Crippen molar-refractivity contribution in [1.82, 2.24) is 0 Å². The summed E-state index contributed by atoms with van der Waals surface area (Å²) in [6, 6.07) is 3.89. The lowest BCUT2D eigenvalue weighted by molar-refractivity contribution is 0.293. The van der Waals surface area contributed by atoms with E-state index >= 15 is 0 Å². The normalized spacial score (nSPS) is 14.8. The third-order valence-electron chi connectivity index (χ3n) is 1.55. The molecule has 84 valence electrons. The summed E-state index contributed by atoms with van der Waals surface area (Å²) in [7, 11) is 0. The van der Waals surface area contributed by atoms with Crippen LogP contribution in [0.4, 0.5) is 0 Å². The Morgan fingerprint density at radius 2 is 1.53 bits per heavy atom. The molecule has 0 bridgehead atoms. The molecule has 2 unspecified atom stereocenters. The number of ether oxygens (including phenoxy) is 1. The smallest absolute Gasteiger partial charge is 0.165 e. The van der Waals surface area contributed by atoms with Gasteiger partial charge in [0.2, 0.25) is 0 Å². The minimum Gasteiger partial charge on any atom is -0.476 e. The average Bonchev–Trinajstić information content (AvgIpc) is 2.10. The molecule has 0 aromatic heterocycles. The summed E-state index contributed by atoms with van der Waals surface area (Å²) >= 11 is 17.2. The second-order valence-electron chi connectivity index (χ2n) is 2.85. The number of alkyl halides is 2. The Hall–Kier alpha value is 1.42. The van der Waals surface area contributed by atoms with E-state index < -0.39 is 0 Å². The van der Waals surface area contributed by atoms with E-state index in [2.05, 4.69) is 79.6 Å². The number of halogens is 5. The summed E-state index contributed by atoms with van der Waals surface area (Å²) in [4.78, 5) is 0.222. The van der Waals surface area contributed by atoms with Crippen molar-refractivity contribution in [2.24, 2.45) is 0 Å². The zero-order valence-electron chi connectivity index (χ0n) is 7.61. The predicted octanol–water partition coefficient (Wildman–Crippen LogP) is 5.86. The molecule has 1 rings (SSSR count). The van der Waals surface area contributed by atoms with Gasteiger partial charge in [0, 0.05) is 4.47 Å². The lowest BCUT2D eigenvalue weighted by atomic mass is 10.3. The van der Waals surface area contributed by atoms with Crippen LogP contribution in [-0.2, 0) is 0 Å². The highest BCUT2D eigenvalue weighted by molar-refractivity contribution is 9.12. The van der Waals surface area contributed by atoms with Gasteiger partial charge in [-0.3, -0.25) is 0 Å². The molecular formula is C9H7Br5O. The Balaban J connectivity index is 2.95. The van der Waals surface area contributed by atoms with Gasteiger partial charge >= 0.3 is 0 Å². The molecule has 0 fully saturated rings. The van der Waals surface area contributed by atoms with Gasteiger partial charge in [-0.05, 0) is 66.8 Å². The number of rotatable bonds is 3. The van der Waals surface area contributed by atoms with Crippen LogP contribution >= 0.6 is 79.6 Å². The van der Waals surface area contributed by atoms with Crippen LogP contribution in [-0.4, -0.2) is 9.84 Å². The van der Waals surface area contributed by atoms with Crippen LogP contribution in [0.1, 0.15) is 6.92 Å². The van der Waals surface area contributed by atoms with Crippen LogP contribution in [0.5, 0.6) is 5.75 Å². The van der Waals surface area contributed by atoms with E-state index in [-0.39, 0.29) is 9.84 Å². The van der Waals surface area contributed by atoms with Gasteiger partial charge in [0.1, 0.15) is 5.75 Å². The molecule has 0 radical (unpaired) electrons. The lowest BCUT2D eigenvalue weighted by Gasteiger charge is -2.17. The van der Waals surface area contributed by atoms with E-state index in [9.17, 15) is 0 Å². The van der Waals surface area contributed by atoms with E-state index in [1.165, 1.54) is 0 Å². The number of hydrogen-bond donors (Lipinski definition) is 0. The van der Waals surface area contributed by atoms with Crippen molar-refractivity contribution in [2.45, 2.75) is 16.8 Å². The SMILES string of the molecule is CC(Br)C(Br)Oc1c(Br)cc(Br)cc1Br. The van der Waals surface area contributed by atoms with Gasteiger partial charge in [0.05, 0.1) is 13.8 Å². The van der Waals surface area contributed by atoms with Crippen LogP contribution in [0.3, 0.4) is 0 Å². The molecule has 1 nitrogen and oxygen atoms in total. The molecule has 2 atom stereocenters. The average molecular weight is 531 g/mol. The lowest BCUT2D eigenvalue weighted by Crippen LogP contribution is -2.17. The van der Waals surface area contributed by atoms with E-state index in [1.54, 1.807) is 0 Å². The molecule has 6 heteroatoms. The fourth-order valence-electron chi connectivity index (χ4n) is 0.848. The van der Waals surface area contributed by atoms with Gasteiger partial charge in [0.15, 0.2) is 5.01 Å². The van der Waals surface area contributed by atoms with Crippen molar-refractivity contribution in [3.8, 4) is 5.75 Å². The van der Waals surface area contributed by atoms with Gasteiger partial charge in [0.25, 0.3) is 0 Å². The van der Waals surface area contributed by atoms with E-state index in [0.29, 0.717) is 0 Å². The Labute approximate surface area is 131 Å². The summed E-state index contributed by atoms with van der Waals surface area (Å²) in [5, 5.41) is -0.0775. The van der Waals surface area contributed by atoms with Gasteiger partial charge < -0.3 is 4.74 Å².